The van der Waals surface area contributed by atoms with Gasteiger partial charge in [0.1, 0.15) is 10.8 Å². The maximum Gasteiger partial charge on any atom is 0.261 e. The normalized spacial score (nSPS) is 13.2. The lowest BCUT2D eigenvalue weighted by molar-refractivity contribution is 0.0642. The van der Waals surface area contributed by atoms with Crippen molar-refractivity contribution < 1.29 is 14.3 Å². The molecule has 3 heterocycles. The number of benzene rings is 2. The van der Waals surface area contributed by atoms with Crippen molar-refractivity contribution in [3.05, 3.63) is 58.6 Å². The van der Waals surface area contributed by atoms with Crippen LogP contribution in [0.3, 0.4) is 0 Å². The second-order valence-corrected chi connectivity index (χ2v) is 8.31. The number of methoxy groups -OCH3 is 1. The monoisotopic (exact) mass is 423 g/mol. The fourth-order valence-corrected chi connectivity index (χ4v) is 4.75. The number of carbonyl (C=O) groups excluding carboxylic acids is 2. The van der Waals surface area contributed by atoms with E-state index in [9.17, 15) is 9.59 Å². The van der Waals surface area contributed by atoms with Crippen LogP contribution in [0.4, 0.5) is 10.3 Å². The molecule has 2 aromatic heterocycles. The summed E-state index contributed by atoms with van der Waals surface area (Å²) in [6.07, 6.45) is 0. The predicted octanol–water partition coefficient (Wildman–Crippen LogP) is 3.70. The number of imide groups is 1. The Balaban J connectivity index is 1.33. The maximum absolute atomic E-state index is 12.5. The van der Waals surface area contributed by atoms with Crippen molar-refractivity contribution in [2.24, 2.45) is 0 Å². The number of fused-ring (bicyclic) bond motifs is 2. The van der Waals surface area contributed by atoms with Crippen LogP contribution < -0.4 is 10.1 Å². The number of nitrogens with zero attached hydrogens (tertiary/aromatic N) is 4. The van der Waals surface area contributed by atoms with Gasteiger partial charge in [-0.3, -0.25) is 14.5 Å². The van der Waals surface area contributed by atoms with Gasteiger partial charge >= 0.3 is 0 Å². The van der Waals surface area contributed by atoms with Gasteiger partial charge in [0.05, 0.1) is 35.0 Å². The summed E-state index contributed by atoms with van der Waals surface area (Å²) in [6, 6.07) is 12.5. The number of thiazole rings is 1. The topological polar surface area (TPSA) is 97.3 Å². The molecular weight excluding hydrogens is 410 g/mol. The highest BCUT2D eigenvalue weighted by atomic mass is 32.1. The SMILES string of the molecule is COc1ccc2nc(Nc3nnc(CN4C(=O)c5ccccc5C4=O)s3)sc2c1. The highest BCUT2D eigenvalue weighted by Gasteiger charge is 2.35. The molecule has 0 atom stereocenters. The Hall–Kier alpha value is -3.37. The van der Waals surface area contributed by atoms with E-state index in [2.05, 4.69) is 20.5 Å². The van der Waals surface area contributed by atoms with Crippen molar-refractivity contribution in [2.75, 3.05) is 12.4 Å². The standard InChI is InChI=1S/C19H13N5O3S2/c1-27-10-6-7-13-14(8-10)28-18(20-13)21-19-23-22-15(29-19)9-24-16(25)11-4-2-3-5-12(11)17(24)26/h2-8H,9H2,1H3,(H,20,21,23). The second kappa shape index (κ2) is 6.90. The molecule has 1 N–H and O–H groups in total. The minimum absolute atomic E-state index is 0.0860. The first-order chi connectivity index (χ1) is 14.1. The van der Waals surface area contributed by atoms with Gasteiger partial charge in [-0.1, -0.05) is 34.8 Å². The first-order valence-corrected chi connectivity index (χ1v) is 10.2. The molecule has 0 saturated carbocycles. The molecule has 0 saturated heterocycles. The molecule has 0 fully saturated rings. The van der Waals surface area contributed by atoms with E-state index in [1.54, 1.807) is 31.4 Å². The Morgan fingerprint density at radius 1 is 1.00 bits per heavy atom. The van der Waals surface area contributed by atoms with E-state index in [1.807, 2.05) is 18.2 Å². The van der Waals surface area contributed by atoms with Crippen LogP contribution in [0.25, 0.3) is 10.2 Å². The molecule has 1 aliphatic rings. The Morgan fingerprint density at radius 2 is 1.76 bits per heavy atom. The van der Waals surface area contributed by atoms with Crippen molar-refractivity contribution in [1.82, 2.24) is 20.1 Å². The van der Waals surface area contributed by atoms with Crippen LogP contribution in [0.15, 0.2) is 42.5 Å². The largest absolute Gasteiger partial charge is 0.497 e. The number of amides is 2. The summed E-state index contributed by atoms with van der Waals surface area (Å²) >= 11 is 2.75. The van der Waals surface area contributed by atoms with E-state index >= 15 is 0 Å². The molecule has 29 heavy (non-hydrogen) atoms. The number of carbonyl (C=O) groups is 2. The Labute approximate surface area is 172 Å². The van der Waals surface area contributed by atoms with Crippen molar-refractivity contribution in [3.63, 3.8) is 0 Å². The molecule has 4 aromatic rings. The molecule has 0 spiro atoms. The number of ether oxygens (including phenoxy) is 1. The molecule has 144 valence electrons. The van der Waals surface area contributed by atoms with Gasteiger partial charge in [0.2, 0.25) is 5.13 Å². The third-order valence-electron chi connectivity index (χ3n) is 4.45. The zero-order valence-corrected chi connectivity index (χ0v) is 16.7. The summed E-state index contributed by atoms with van der Waals surface area (Å²) in [7, 11) is 1.62. The van der Waals surface area contributed by atoms with Crippen molar-refractivity contribution in [2.45, 2.75) is 6.54 Å². The third kappa shape index (κ3) is 3.12. The fraction of sp³-hybridized carbons (Fsp3) is 0.105. The summed E-state index contributed by atoms with van der Waals surface area (Å²) in [5.74, 6) is 0.151. The second-order valence-electron chi connectivity index (χ2n) is 6.22. The number of nitrogens with one attached hydrogen (secondary N) is 1. The summed E-state index contributed by atoms with van der Waals surface area (Å²) in [5.41, 5.74) is 1.70. The summed E-state index contributed by atoms with van der Waals surface area (Å²) in [4.78, 5) is 30.7. The first kappa shape index (κ1) is 17.7. The average Bonchev–Trinajstić information content (AvgIpc) is 3.41. The van der Waals surface area contributed by atoms with Crippen LogP contribution in [0, 0.1) is 0 Å². The van der Waals surface area contributed by atoms with Crippen molar-refractivity contribution >= 4 is 55.0 Å². The third-order valence-corrected chi connectivity index (χ3v) is 6.20. The Morgan fingerprint density at radius 3 is 2.48 bits per heavy atom. The van der Waals surface area contributed by atoms with Gasteiger partial charge in [0, 0.05) is 0 Å². The van der Waals surface area contributed by atoms with E-state index in [-0.39, 0.29) is 18.4 Å². The van der Waals surface area contributed by atoms with E-state index in [0.29, 0.717) is 26.4 Å². The summed E-state index contributed by atoms with van der Waals surface area (Å²) in [5, 5.41) is 13.1. The van der Waals surface area contributed by atoms with E-state index < -0.39 is 0 Å². The highest BCUT2D eigenvalue weighted by Crippen LogP contribution is 2.32. The van der Waals surface area contributed by atoms with Gasteiger partial charge in [-0.15, -0.1) is 10.2 Å². The number of anilines is 2. The van der Waals surface area contributed by atoms with E-state index in [0.717, 1.165) is 16.0 Å². The molecule has 0 aliphatic carbocycles. The lowest BCUT2D eigenvalue weighted by Crippen LogP contribution is -2.29. The zero-order chi connectivity index (χ0) is 20.0. The van der Waals surface area contributed by atoms with Crippen molar-refractivity contribution in [3.8, 4) is 5.75 Å². The van der Waals surface area contributed by atoms with Crippen LogP contribution in [0.5, 0.6) is 5.75 Å². The van der Waals surface area contributed by atoms with E-state index in [1.165, 1.54) is 27.6 Å². The highest BCUT2D eigenvalue weighted by molar-refractivity contribution is 7.22. The van der Waals surface area contributed by atoms with Crippen molar-refractivity contribution in [1.29, 1.82) is 0 Å². The smallest absolute Gasteiger partial charge is 0.261 e. The maximum atomic E-state index is 12.5. The van der Waals surface area contributed by atoms with Crippen LogP contribution >= 0.6 is 22.7 Å². The van der Waals surface area contributed by atoms with Crippen LogP contribution in [-0.4, -0.2) is 39.0 Å². The molecule has 5 rings (SSSR count). The van der Waals surface area contributed by atoms with Gasteiger partial charge in [-0.2, -0.15) is 0 Å². The fourth-order valence-electron chi connectivity index (χ4n) is 3.06. The number of hydrogen-bond donors (Lipinski definition) is 1. The molecule has 0 unspecified atom stereocenters. The molecule has 2 aromatic carbocycles. The molecule has 0 radical (unpaired) electrons. The number of aromatic nitrogens is 3. The molecule has 2 amide bonds. The summed E-state index contributed by atoms with van der Waals surface area (Å²) in [6.45, 7) is 0.0860. The quantitative estimate of drug-likeness (QED) is 0.489. The lowest BCUT2D eigenvalue weighted by Gasteiger charge is -2.10. The predicted molar refractivity (Wildman–Crippen MR) is 110 cm³/mol. The first-order valence-electron chi connectivity index (χ1n) is 8.61. The number of hydrogen-bond acceptors (Lipinski definition) is 9. The Kier molecular flexibility index (Phi) is 4.22. The van der Waals surface area contributed by atoms with Crippen LogP contribution in [0.1, 0.15) is 25.7 Å². The summed E-state index contributed by atoms with van der Waals surface area (Å²) < 4.78 is 6.22. The molecule has 1 aliphatic heterocycles. The molecular formula is C19H13N5O3S2. The average molecular weight is 423 g/mol. The number of rotatable bonds is 5. The molecule has 0 bridgehead atoms. The molecule has 10 heteroatoms. The zero-order valence-electron chi connectivity index (χ0n) is 15.1. The molecule has 8 nitrogen and oxygen atoms in total. The van der Waals surface area contributed by atoms with Crippen LogP contribution in [-0.2, 0) is 6.54 Å². The van der Waals surface area contributed by atoms with Gasteiger partial charge in [0.25, 0.3) is 11.8 Å². The van der Waals surface area contributed by atoms with Crippen LogP contribution in [0.2, 0.25) is 0 Å². The lowest BCUT2D eigenvalue weighted by atomic mass is 10.1. The van der Waals surface area contributed by atoms with Gasteiger partial charge in [0.15, 0.2) is 5.13 Å². The Bertz CT molecular complexity index is 1230. The van der Waals surface area contributed by atoms with Gasteiger partial charge in [-0.05, 0) is 30.3 Å². The van der Waals surface area contributed by atoms with Gasteiger partial charge < -0.3 is 10.1 Å². The minimum atomic E-state index is -0.310. The van der Waals surface area contributed by atoms with Gasteiger partial charge in [-0.25, -0.2) is 4.98 Å². The van der Waals surface area contributed by atoms with E-state index in [4.69, 9.17) is 4.74 Å². The minimum Gasteiger partial charge on any atom is -0.497 e.